The second kappa shape index (κ2) is 5.58. The zero-order valence-corrected chi connectivity index (χ0v) is 11.4. The number of nitrogens with zero attached hydrogens (tertiary/aromatic N) is 2. The molecule has 2 aromatic rings. The van der Waals surface area contributed by atoms with Gasteiger partial charge in [-0.25, -0.2) is 9.78 Å². The number of benzene rings is 1. The van der Waals surface area contributed by atoms with E-state index in [4.69, 9.17) is 9.84 Å². The van der Waals surface area contributed by atoms with Crippen molar-refractivity contribution < 1.29 is 19.6 Å². The number of hydrogen-bond donors (Lipinski definition) is 1. The summed E-state index contributed by atoms with van der Waals surface area (Å²) < 4.78 is 5.52. The first-order chi connectivity index (χ1) is 9.90. The normalized spacial score (nSPS) is 10.2. The van der Waals surface area contributed by atoms with Gasteiger partial charge in [-0.2, -0.15) is 0 Å². The smallest absolute Gasteiger partial charge is 0.336 e. The SMILES string of the molecule is Cc1cc(Oc2cccc(C(=O)O)c2C)ncc1[N+](=O)[O-]. The van der Waals surface area contributed by atoms with Crippen LogP contribution in [-0.2, 0) is 0 Å². The third-order valence-corrected chi connectivity index (χ3v) is 2.98. The van der Waals surface area contributed by atoms with Crippen molar-refractivity contribution in [2.75, 3.05) is 0 Å². The molecule has 0 aliphatic rings. The summed E-state index contributed by atoms with van der Waals surface area (Å²) in [5.74, 6) is -0.537. The van der Waals surface area contributed by atoms with Crippen LogP contribution < -0.4 is 4.74 Å². The molecule has 0 fully saturated rings. The van der Waals surface area contributed by atoms with Crippen LogP contribution in [0.25, 0.3) is 0 Å². The molecule has 108 valence electrons. The summed E-state index contributed by atoms with van der Waals surface area (Å²) in [6, 6.07) is 6.08. The zero-order chi connectivity index (χ0) is 15.6. The molecule has 0 bridgehead atoms. The van der Waals surface area contributed by atoms with E-state index in [0.717, 1.165) is 6.20 Å². The molecule has 0 amide bonds. The number of nitro groups is 1. The van der Waals surface area contributed by atoms with Crippen LogP contribution in [0, 0.1) is 24.0 Å². The highest BCUT2D eigenvalue weighted by atomic mass is 16.6. The third kappa shape index (κ3) is 2.97. The van der Waals surface area contributed by atoms with Gasteiger partial charge in [0.1, 0.15) is 11.9 Å². The zero-order valence-electron chi connectivity index (χ0n) is 11.4. The molecule has 7 heteroatoms. The maximum absolute atomic E-state index is 11.1. The fraction of sp³-hybridized carbons (Fsp3) is 0.143. The maximum atomic E-state index is 11.1. The third-order valence-electron chi connectivity index (χ3n) is 2.98. The van der Waals surface area contributed by atoms with Gasteiger partial charge in [-0.05, 0) is 26.0 Å². The lowest BCUT2D eigenvalue weighted by molar-refractivity contribution is -0.385. The van der Waals surface area contributed by atoms with Gasteiger partial charge in [-0.3, -0.25) is 10.1 Å². The van der Waals surface area contributed by atoms with Crippen LogP contribution in [-0.4, -0.2) is 21.0 Å². The molecule has 0 atom stereocenters. The summed E-state index contributed by atoms with van der Waals surface area (Å²) >= 11 is 0. The van der Waals surface area contributed by atoms with Gasteiger partial charge in [0.25, 0.3) is 5.69 Å². The molecule has 1 heterocycles. The minimum Gasteiger partial charge on any atom is -0.478 e. The van der Waals surface area contributed by atoms with Gasteiger partial charge in [-0.1, -0.05) is 6.07 Å². The van der Waals surface area contributed by atoms with Crippen LogP contribution >= 0.6 is 0 Å². The molecule has 0 saturated heterocycles. The monoisotopic (exact) mass is 288 g/mol. The molecule has 1 aromatic carbocycles. The van der Waals surface area contributed by atoms with Crippen LogP contribution in [0.5, 0.6) is 11.6 Å². The van der Waals surface area contributed by atoms with Gasteiger partial charge >= 0.3 is 5.97 Å². The molecule has 2 rings (SSSR count). The van der Waals surface area contributed by atoms with E-state index in [1.165, 1.54) is 12.1 Å². The fourth-order valence-electron chi connectivity index (χ4n) is 1.84. The summed E-state index contributed by atoms with van der Waals surface area (Å²) in [5.41, 5.74) is 0.907. The van der Waals surface area contributed by atoms with E-state index >= 15 is 0 Å². The summed E-state index contributed by atoms with van der Waals surface area (Å²) in [5, 5.41) is 19.8. The first-order valence-electron chi connectivity index (χ1n) is 6.02. The molecule has 0 saturated carbocycles. The van der Waals surface area contributed by atoms with Gasteiger partial charge in [0.05, 0.1) is 10.5 Å². The Kier molecular flexibility index (Phi) is 3.84. The van der Waals surface area contributed by atoms with E-state index < -0.39 is 10.9 Å². The number of carboxylic acids is 1. The Morgan fingerprint density at radius 2 is 2.10 bits per heavy atom. The molecular formula is C14H12N2O5. The van der Waals surface area contributed by atoms with Crippen molar-refractivity contribution in [2.24, 2.45) is 0 Å². The Bertz CT molecular complexity index is 727. The second-order valence-electron chi connectivity index (χ2n) is 4.40. The first kappa shape index (κ1) is 14.4. The molecule has 1 aromatic heterocycles. The second-order valence-corrected chi connectivity index (χ2v) is 4.40. The highest BCUT2D eigenvalue weighted by Gasteiger charge is 2.15. The number of aromatic nitrogens is 1. The number of aryl methyl sites for hydroxylation is 1. The number of pyridine rings is 1. The van der Waals surface area contributed by atoms with Gasteiger partial charge in [0, 0.05) is 17.2 Å². The summed E-state index contributed by atoms with van der Waals surface area (Å²) in [6.07, 6.45) is 1.11. The standard InChI is InChI=1S/C14H12N2O5/c1-8-6-13(15-7-11(8)16(19)20)21-12-5-3-4-10(9(12)2)14(17)18/h3-7H,1-2H3,(H,17,18). The van der Waals surface area contributed by atoms with Crippen LogP contribution in [0.15, 0.2) is 30.5 Å². The summed E-state index contributed by atoms with van der Waals surface area (Å²) in [6.45, 7) is 3.20. The molecule has 7 nitrogen and oxygen atoms in total. The Balaban J connectivity index is 2.35. The average Bonchev–Trinajstić information content (AvgIpc) is 2.40. The number of ether oxygens (including phenoxy) is 1. The number of carboxylic acid groups (broad SMARTS) is 1. The predicted molar refractivity (Wildman–Crippen MR) is 73.8 cm³/mol. The minimum atomic E-state index is -1.05. The fourth-order valence-corrected chi connectivity index (χ4v) is 1.84. The maximum Gasteiger partial charge on any atom is 0.336 e. The Labute approximate surface area is 120 Å². The highest BCUT2D eigenvalue weighted by Crippen LogP contribution is 2.28. The molecule has 21 heavy (non-hydrogen) atoms. The molecule has 0 spiro atoms. The van der Waals surface area contributed by atoms with Crippen molar-refractivity contribution in [3.8, 4) is 11.6 Å². The Morgan fingerprint density at radius 3 is 2.67 bits per heavy atom. The van der Waals surface area contributed by atoms with Crippen molar-refractivity contribution in [1.82, 2.24) is 4.98 Å². The Hall–Kier alpha value is -2.96. The number of hydrogen-bond acceptors (Lipinski definition) is 5. The summed E-state index contributed by atoms with van der Waals surface area (Å²) in [7, 11) is 0. The quantitative estimate of drug-likeness (QED) is 0.685. The van der Waals surface area contributed by atoms with Crippen LogP contribution in [0.3, 0.4) is 0 Å². The molecule has 0 radical (unpaired) electrons. The lowest BCUT2D eigenvalue weighted by Crippen LogP contribution is -2.01. The van der Waals surface area contributed by atoms with E-state index in [2.05, 4.69) is 4.98 Å². The average molecular weight is 288 g/mol. The number of rotatable bonds is 4. The van der Waals surface area contributed by atoms with Crippen molar-refractivity contribution in [3.63, 3.8) is 0 Å². The first-order valence-corrected chi connectivity index (χ1v) is 6.02. The topological polar surface area (TPSA) is 103 Å². The molecule has 1 N–H and O–H groups in total. The molecule has 0 unspecified atom stereocenters. The van der Waals surface area contributed by atoms with E-state index in [0.29, 0.717) is 16.9 Å². The van der Waals surface area contributed by atoms with Crippen LogP contribution in [0.2, 0.25) is 0 Å². The number of carbonyl (C=O) groups is 1. The Morgan fingerprint density at radius 1 is 1.38 bits per heavy atom. The van der Waals surface area contributed by atoms with E-state index in [1.807, 2.05) is 0 Å². The van der Waals surface area contributed by atoms with Gasteiger partial charge in [0.2, 0.25) is 5.88 Å². The van der Waals surface area contributed by atoms with Gasteiger partial charge < -0.3 is 9.84 Å². The predicted octanol–water partition coefficient (Wildman–Crippen LogP) is 3.10. The van der Waals surface area contributed by atoms with Crippen molar-refractivity contribution in [3.05, 3.63) is 57.3 Å². The minimum absolute atomic E-state index is 0.0987. The van der Waals surface area contributed by atoms with Crippen LogP contribution in [0.1, 0.15) is 21.5 Å². The lowest BCUT2D eigenvalue weighted by Gasteiger charge is -2.10. The van der Waals surface area contributed by atoms with Crippen molar-refractivity contribution >= 4 is 11.7 Å². The largest absolute Gasteiger partial charge is 0.478 e. The van der Waals surface area contributed by atoms with Crippen LogP contribution in [0.4, 0.5) is 5.69 Å². The van der Waals surface area contributed by atoms with Crippen molar-refractivity contribution in [1.29, 1.82) is 0 Å². The van der Waals surface area contributed by atoms with E-state index in [9.17, 15) is 14.9 Å². The highest BCUT2D eigenvalue weighted by molar-refractivity contribution is 5.90. The lowest BCUT2D eigenvalue weighted by atomic mass is 10.1. The van der Waals surface area contributed by atoms with Gasteiger partial charge in [0.15, 0.2) is 0 Å². The molecular weight excluding hydrogens is 276 g/mol. The molecule has 0 aliphatic carbocycles. The van der Waals surface area contributed by atoms with E-state index in [1.54, 1.807) is 26.0 Å². The molecule has 0 aliphatic heterocycles. The van der Waals surface area contributed by atoms with Crippen molar-refractivity contribution in [2.45, 2.75) is 13.8 Å². The summed E-state index contributed by atoms with van der Waals surface area (Å²) in [4.78, 5) is 25.1. The number of aromatic carboxylic acids is 1. The van der Waals surface area contributed by atoms with Gasteiger partial charge in [-0.15, -0.1) is 0 Å². The van der Waals surface area contributed by atoms with E-state index in [-0.39, 0.29) is 17.1 Å².